The Bertz CT molecular complexity index is 1010. The van der Waals surface area contributed by atoms with E-state index in [9.17, 15) is 14.0 Å². The molecule has 29 heavy (non-hydrogen) atoms. The molecule has 0 spiro atoms. The number of ether oxygens (including phenoxy) is 2. The third kappa shape index (κ3) is 5.52. The lowest BCUT2D eigenvalue weighted by atomic mass is 10.3. The van der Waals surface area contributed by atoms with Gasteiger partial charge < -0.3 is 9.47 Å². The van der Waals surface area contributed by atoms with Crippen LogP contribution >= 0.6 is 22.9 Å². The largest absolute Gasteiger partial charge is 0.482 e. The van der Waals surface area contributed by atoms with Gasteiger partial charge in [0, 0.05) is 17.3 Å². The van der Waals surface area contributed by atoms with Crippen molar-refractivity contribution in [1.29, 1.82) is 0 Å². The fraction of sp³-hybridized carbons (Fsp3) is 0.150. The number of thiazole rings is 1. The van der Waals surface area contributed by atoms with Gasteiger partial charge in [-0.05, 0) is 36.4 Å². The summed E-state index contributed by atoms with van der Waals surface area (Å²) in [7, 11) is 0. The SMILES string of the molecule is CC(=O)N(c1nc(COC(=O)COc2ccc(Cl)cc2)cs1)c1ccccc1F. The molecular weight excluding hydrogens is 419 g/mol. The minimum absolute atomic E-state index is 0.0949. The lowest BCUT2D eigenvalue weighted by Gasteiger charge is -2.18. The number of hydrogen-bond acceptors (Lipinski definition) is 6. The Balaban J connectivity index is 1.59. The first-order valence-electron chi connectivity index (χ1n) is 8.47. The molecule has 0 aliphatic rings. The smallest absolute Gasteiger partial charge is 0.344 e. The van der Waals surface area contributed by atoms with Gasteiger partial charge in [0.25, 0.3) is 0 Å². The normalized spacial score (nSPS) is 10.4. The highest BCUT2D eigenvalue weighted by Crippen LogP contribution is 2.30. The average Bonchev–Trinajstić information content (AvgIpc) is 3.16. The third-order valence-corrected chi connectivity index (χ3v) is 4.82. The molecular formula is C20H16ClFN2O4S. The first kappa shape index (κ1) is 20.8. The summed E-state index contributed by atoms with van der Waals surface area (Å²) in [4.78, 5) is 29.3. The van der Waals surface area contributed by atoms with E-state index in [2.05, 4.69) is 4.98 Å². The van der Waals surface area contributed by atoms with Crippen LogP contribution in [0.5, 0.6) is 5.75 Å². The van der Waals surface area contributed by atoms with Gasteiger partial charge in [0.05, 0.1) is 11.4 Å². The molecule has 0 bridgehead atoms. The van der Waals surface area contributed by atoms with E-state index >= 15 is 0 Å². The van der Waals surface area contributed by atoms with Gasteiger partial charge in [-0.2, -0.15) is 0 Å². The third-order valence-electron chi connectivity index (χ3n) is 3.69. The predicted octanol–water partition coefficient (Wildman–Crippen LogP) is 4.74. The topological polar surface area (TPSA) is 68.7 Å². The number of carbonyl (C=O) groups excluding carboxylic acids is 2. The Hall–Kier alpha value is -2.97. The summed E-state index contributed by atoms with van der Waals surface area (Å²) in [5.74, 6) is -1.01. The highest BCUT2D eigenvalue weighted by atomic mass is 35.5. The van der Waals surface area contributed by atoms with E-state index in [1.54, 1.807) is 35.7 Å². The number of nitrogens with zero attached hydrogens (tertiary/aromatic N) is 2. The zero-order chi connectivity index (χ0) is 20.8. The summed E-state index contributed by atoms with van der Waals surface area (Å²) in [5, 5.41) is 2.49. The van der Waals surface area contributed by atoms with Crippen LogP contribution in [0, 0.1) is 5.82 Å². The van der Waals surface area contributed by atoms with Gasteiger partial charge in [0.1, 0.15) is 18.2 Å². The molecule has 0 saturated carbocycles. The van der Waals surface area contributed by atoms with Crippen LogP contribution in [-0.2, 0) is 20.9 Å². The quantitative estimate of drug-likeness (QED) is 0.502. The maximum absolute atomic E-state index is 14.1. The highest BCUT2D eigenvalue weighted by molar-refractivity contribution is 7.14. The molecule has 3 aromatic rings. The van der Waals surface area contributed by atoms with Crippen LogP contribution in [0.4, 0.5) is 15.2 Å². The number of carbonyl (C=O) groups is 2. The van der Waals surface area contributed by atoms with Crippen molar-refractivity contribution in [3.63, 3.8) is 0 Å². The molecule has 0 fully saturated rings. The Kier molecular flexibility index (Phi) is 6.79. The van der Waals surface area contributed by atoms with Crippen molar-refractivity contribution < 1.29 is 23.5 Å². The summed E-state index contributed by atoms with van der Waals surface area (Å²) >= 11 is 6.93. The molecule has 0 radical (unpaired) electrons. The second-order valence-electron chi connectivity index (χ2n) is 5.83. The van der Waals surface area contributed by atoms with E-state index in [1.165, 1.54) is 30.0 Å². The molecule has 0 atom stereocenters. The molecule has 1 aromatic heterocycles. The molecule has 1 amide bonds. The molecule has 9 heteroatoms. The van der Waals surface area contributed by atoms with Gasteiger partial charge in [0.15, 0.2) is 11.7 Å². The minimum atomic E-state index is -0.577. The number of para-hydroxylation sites is 1. The van der Waals surface area contributed by atoms with Gasteiger partial charge in [0.2, 0.25) is 5.91 Å². The standard InChI is InChI=1S/C20H16ClFN2O4S/c1-13(25)24(18-5-3-2-4-17(18)22)20-23-15(12-29-20)10-28-19(26)11-27-16-8-6-14(21)7-9-16/h2-9,12H,10-11H2,1H3. The summed E-state index contributed by atoms with van der Waals surface area (Å²) < 4.78 is 24.5. The van der Waals surface area contributed by atoms with Crippen molar-refractivity contribution >= 4 is 45.6 Å². The highest BCUT2D eigenvalue weighted by Gasteiger charge is 2.21. The van der Waals surface area contributed by atoms with E-state index in [4.69, 9.17) is 21.1 Å². The van der Waals surface area contributed by atoms with E-state index in [0.29, 0.717) is 16.5 Å². The van der Waals surface area contributed by atoms with Crippen molar-refractivity contribution in [2.45, 2.75) is 13.5 Å². The summed E-state index contributed by atoms with van der Waals surface area (Å²) in [6.07, 6.45) is 0. The van der Waals surface area contributed by atoms with Crippen molar-refractivity contribution in [2.24, 2.45) is 0 Å². The van der Waals surface area contributed by atoms with Gasteiger partial charge in [-0.1, -0.05) is 23.7 Å². The minimum Gasteiger partial charge on any atom is -0.482 e. The summed E-state index contributed by atoms with van der Waals surface area (Å²) in [6, 6.07) is 12.5. The molecule has 0 aliphatic heterocycles. The number of esters is 1. The molecule has 0 unspecified atom stereocenters. The first-order valence-corrected chi connectivity index (χ1v) is 9.73. The lowest BCUT2D eigenvalue weighted by molar-refractivity contribution is -0.147. The maximum Gasteiger partial charge on any atom is 0.344 e. The number of aromatic nitrogens is 1. The van der Waals surface area contributed by atoms with Crippen molar-refractivity contribution in [1.82, 2.24) is 4.98 Å². The van der Waals surface area contributed by atoms with Crippen LogP contribution < -0.4 is 9.64 Å². The second kappa shape index (κ2) is 9.49. The Labute approximate surface area is 175 Å². The van der Waals surface area contributed by atoms with Gasteiger partial charge in [-0.15, -0.1) is 11.3 Å². The van der Waals surface area contributed by atoms with E-state index in [0.717, 1.165) is 11.3 Å². The van der Waals surface area contributed by atoms with Gasteiger partial charge in [-0.3, -0.25) is 9.69 Å². The number of amides is 1. The van der Waals surface area contributed by atoms with Gasteiger partial charge >= 0.3 is 5.97 Å². The van der Waals surface area contributed by atoms with Crippen molar-refractivity contribution in [3.05, 3.63) is 70.4 Å². The molecule has 0 saturated heterocycles. The predicted molar refractivity (Wildman–Crippen MR) is 108 cm³/mol. The molecule has 0 N–H and O–H groups in total. The fourth-order valence-electron chi connectivity index (χ4n) is 2.37. The number of benzene rings is 2. The Morgan fingerprint density at radius 1 is 1.17 bits per heavy atom. The summed E-state index contributed by atoms with van der Waals surface area (Å²) in [6.45, 7) is 0.956. The fourth-order valence-corrected chi connectivity index (χ4v) is 3.37. The first-order chi connectivity index (χ1) is 13.9. The monoisotopic (exact) mass is 434 g/mol. The Morgan fingerprint density at radius 2 is 1.90 bits per heavy atom. The number of halogens is 2. The zero-order valence-corrected chi connectivity index (χ0v) is 16.9. The molecule has 2 aromatic carbocycles. The zero-order valence-electron chi connectivity index (χ0n) is 15.3. The molecule has 3 rings (SSSR count). The number of rotatable bonds is 7. The molecule has 150 valence electrons. The van der Waals surface area contributed by atoms with Gasteiger partial charge in [-0.25, -0.2) is 14.2 Å². The van der Waals surface area contributed by atoms with Crippen LogP contribution in [-0.4, -0.2) is 23.5 Å². The van der Waals surface area contributed by atoms with E-state index < -0.39 is 11.8 Å². The molecule has 0 aliphatic carbocycles. The molecule has 1 heterocycles. The van der Waals surface area contributed by atoms with Crippen LogP contribution in [0.15, 0.2) is 53.9 Å². The molecule has 6 nitrogen and oxygen atoms in total. The van der Waals surface area contributed by atoms with Crippen LogP contribution in [0.1, 0.15) is 12.6 Å². The average molecular weight is 435 g/mol. The lowest BCUT2D eigenvalue weighted by Crippen LogP contribution is -2.23. The second-order valence-corrected chi connectivity index (χ2v) is 7.10. The number of hydrogen-bond donors (Lipinski definition) is 0. The van der Waals surface area contributed by atoms with Crippen molar-refractivity contribution in [3.8, 4) is 5.75 Å². The van der Waals surface area contributed by atoms with Crippen LogP contribution in [0.3, 0.4) is 0 Å². The maximum atomic E-state index is 14.1. The van der Waals surface area contributed by atoms with Crippen LogP contribution in [0.25, 0.3) is 0 Å². The van der Waals surface area contributed by atoms with Crippen molar-refractivity contribution in [2.75, 3.05) is 11.5 Å². The van der Waals surface area contributed by atoms with Crippen LogP contribution in [0.2, 0.25) is 5.02 Å². The van der Waals surface area contributed by atoms with E-state index in [-0.39, 0.29) is 29.9 Å². The van der Waals surface area contributed by atoms with E-state index in [1.807, 2.05) is 0 Å². The Morgan fingerprint density at radius 3 is 2.59 bits per heavy atom. The summed E-state index contributed by atoms with van der Waals surface area (Å²) in [5.41, 5.74) is 0.543. The number of anilines is 2.